The second-order valence-corrected chi connectivity index (χ2v) is 20.5. The summed E-state index contributed by atoms with van der Waals surface area (Å²) in [6, 6.07) is 48.6. The molecule has 1 saturated heterocycles. The Morgan fingerprint density at radius 1 is 0.746 bits per heavy atom. The van der Waals surface area contributed by atoms with Gasteiger partial charge in [-0.15, -0.1) is 11.8 Å². The Hall–Kier alpha value is -5.91. The number of ether oxygens (including phenoxy) is 1. The molecule has 11 heteroatoms. The van der Waals surface area contributed by atoms with Crippen molar-refractivity contribution in [2.45, 2.75) is 80.6 Å². The van der Waals surface area contributed by atoms with Gasteiger partial charge in [-0.1, -0.05) is 127 Å². The maximum Gasteiger partial charge on any atom is 0.410 e. The van der Waals surface area contributed by atoms with Crippen molar-refractivity contribution in [1.29, 1.82) is 0 Å². The lowest BCUT2D eigenvalue weighted by atomic mass is 9.84. The lowest BCUT2D eigenvalue weighted by Crippen LogP contribution is -2.43. The van der Waals surface area contributed by atoms with Crippen molar-refractivity contribution in [3.63, 3.8) is 0 Å². The fourth-order valence-electron chi connectivity index (χ4n) is 8.69. The van der Waals surface area contributed by atoms with Crippen LogP contribution in [0.5, 0.6) is 0 Å². The molecule has 1 aliphatic rings. The number of anilines is 1. The number of carbonyl (C=O) groups excluding carboxylic acids is 3. The topological polar surface area (TPSA) is 87.7 Å². The molecule has 0 unspecified atom stereocenters. The Balaban J connectivity index is 1.18. The Labute approximate surface area is 402 Å². The Morgan fingerprint density at radius 3 is 1.93 bits per heavy atom. The molecule has 1 fully saturated rings. The van der Waals surface area contributed by atoms with Crippen LogP contribution in [0.15, 0.2) is 158 Å². The fourth-order valence-corrected chi connectivity index (χ4v) is 11.0. The summed E-state index contributed by atoms with van der Waals surface area (Å²) in [7, 11) is 0. The van der Waals surface area contributed by atoms with E-state index in [0.29, 0.717) is 55.8 Å². The number of halogens is 2. The molecule has 0 aromatic heterocycles. The second-order valence-electron chi connectivity index (χ2n) is 18.0. The molecule has 0 aliphatic carbocycles. The van der Waals surface area contributed by atoms with E-state index in [2.05, 4.69) is 83.4 Å². The molecule has 0 radical (unpaired) electrons. The number of hydrogen-bond donors (Lipinski definition) is 2. The molecule has 2 amide bonds. The first-order valence-corrected chi connectivity index (χ1v) is 25.1. The van der Waals surface area contributed by atoms with E-state index in [4.69, 9.17) is 4.74 Å². The summed E-state index contributed by atoms with van der Waals surface area (Å²) >= 11 is 3.41. The Morgan fingerprint density at radius 2 is 1.34 bits per heavy atom. The number of rotatable bonds is 19. The quantitative estimate of drug-likeness (QED) is 0.0782. The van der Waals surface area contributed by atoms with Gasteiger partial charge in [0.25, 0.3) is 5.91 Å². The zero-order valence-corrected chi connectivity index (χ0v) is 40.2. The van der Waals surface area contributed by atoms with Crippen molar-refractivity contribution in [2.75, 3.05) is 30.4 Å². The van der Waals surface area contributed by atoms with Crippen LogP contribution in [0.4, 0.5) is 19.3 Å². The number of Topliss-reactive ketones (excluding diaryl/α,β-unsaturated/α-hetero) is 1. The van der Waals surface area contributed by atoms with E-state index in [0.717, 1.165) is 27.8 Å². The molecule has 6 aromatic rings. The second kappa shape index (κ2) is 22.7. The molecule has 0 bridgehead atoms. The van der Waals surface area contributed by atoms with E-state index in [-0.39, 0.29) is 41.0 Å². The SMILES string of the molecule is CSCC[C@H](NC(=O)c1cc(NC[C@@H]2C[C@H](SC(c3ccccc3)(c3ccccc3)c3ccccc3)CN2C(=O)OC(C)(C)C)ccc1CCc1ccc(F)cc1)C(=O)Cc1ccccc1F. The number of benzene rings is 6. The van der Waals surface area contributed by atoms with Crippen LogP contribution in [0.2, 0.25) is 0 Å². The molecule has 1 aliphatic heterocycles. The van der Waals surface area contributed by atoms with Gasteiger partial charge in [0.15, 0.2) is 5.78 Å². The summed E-state index contributed by atoms with van der Waals surface area (Å²) in [4.78, 5) is 44.1. The van der Waals surface area contributed by atoms with Crippen LogP contribution in [-0.2, 0) is 33.5 Å². The lowest BCUT2D eigenvalue weighted by Gasteiger charge is -2.37. The number of amides is 2. The summed E-state index contributed by atoms with van der Waals surface area (Å²) in [5, 5.41) is 6.58. The third kappa shape index (κ3) is 12.8. The van der Waals surface area contributed by atoms with Crippen LogP contribution >= 0.6 is 23.5 Å². The van der Waals surface area contributed by atoms with Crippen LogP contribution < -0.4 is 10.6 Å². The van der Waals surface area contributed by atoms with Gasteiger partial charge in [0.2, 0.25) is 0 Å². The molecule has 67 heavy (non-hydrogen) atoms. The molecule has 1 heterocycles. The first-order valence-electron chi connectivity index (χ1n) is 22.8. The number of ketones is 1. The van der Waals surface area contributed by atoms with Crippen molar-refractivity contribution < 1.29 is 27.9 Å². The molecule has 0 spiro atoms. The molecule has 3 atom stereocenters. The number of carbonyl (C=O) groups is 3. The summed E-state index contributed by atoms with van der Waals surface area (Å²) < 4.78 is 33.9. The summed E-state index contributed by atoms with van der Waals surface area (Å²) in [5.74, 6) is -0.868. The monoisotopic (exact) mass is 939 g/mol. The van der Waals surface area contributed by atoms with Gasteiger partial charge in [-0.25, -0.2) is 13.6 Å². The highest BCUT2D eigenvalue weighted by atomic mass is 32.2. The van der Waals surface area contributed by atoms with Gasteiger partial charge < -0.3 is 20.3 Å². The van der Waals surface area contributed by atoms with Crippen molar-refractivity contribution >= 4 is 47.0 Å². The number of nitrogens with one attached hydrogen (secondary N) is 2. The molecular weight excluding hydrogens is 881 g/mol. The van der Waals surface area contributed by atoms with Crippen LogP contribution in [0.1, 0.15) is 77.4 Å². The zero-order chi connectivity index (χ0) is 47.4. The third-order valence-electron chi connectivity index (χ3n) is 12.0. The normalized spacial score (nSPS) is 15.5. The molecule has 348 valence electrons. The third-order valence-corrected chi connectivity index (χ3v) is 14.4. The molecule has 2 N–H and O–H groups in total. The average molecular weight is 940 g/mol. The minimum Gasteiger partial charge on any atom is -0.444 e. The van der Waals surface area contributed by atoms with Gasteiger partial charge in [-0.3, -0.25) is 9.59 Å². The standard InChI is InChI=1S/C56H59F2N3O4S2/c1-55(2,3)65-54(64)61-38-48(67-56(42-17-8-5-9-18-42,43-19-10-6-11-20-43)44-21-12-7-13-22-44)36-47(61)37-59-46-31-28-40(27-24-39-25-29-45(57)30-26-39)49(35-46)53(63)60-51(32-33-66-4)52(62)34-41-16-14-15-23-50(41)58/h5-23,25-26,28-31,35,47-48,51,59H,24,27,32-34,36-38H2,1-4H3,(H,60,63)/t47-,48-,51-/m0/s1. The summed E-state index contributed by atoms with van der Waals surface area (Å²) in [6.07, 6.45) is 3.47. The van der Waals surface area contributed by atoms with Gasteiger partial charge in [0.1, 0.15) is 17.2 Å². The highest BCUT2D eigenvalue weighted by Gasteiger charge is 2.45. The minimum atomic E-state index is -0.841. The van der Waals surface area contributed by atoms with Crippen LogP contribution in [0, 0.1) is 11.6 Å². The Kier molecular flexibility index (Phi) is 16.6. The van der Waals surface area contributed by atoms with E-state index in [1.807, 2.05) is 74.0 Å². The Bertz CT molecular complexity index is 2480. The summed E-state index contributed by atoms with van der Waals surface area (Å²) in [6.45, 7) is 6.44. The first kappa shape index (κ1) is 49.0. The van der Waals surface area contributed by atoms with Crippen molar-refractivity contribution in [1.82, 2.24) is 10.2 Å². The molecular formula is C56H59F2N3O4S2. The molecule has 0 saturated carbocycles. The predicted molar refractivity (Wildman–Crippen MR) is 270 cm³/mol. The number of hydrogen-bond acceptors (Lipinski definition) is 7. The highest BCUT2D eigenvalue weighted by Crippen LogP contribution is 2.52. The smallest absolute Gasteiger partial charge is 0.410 e. The first-order chi connectivity index (χ1) is 32.3. The average Bonchev–Trinajstić information content (AvgIpc) is 3.75. The minimum absolute atomic E-state index is 0.00442. The van der Waals surface area contributed by atoms with Gasteiger partial charge >= 0.3 is 6.09 Å². The maximum absolute atomic E-state index is 14.7. The van der Waals surface area contributed by atoms with Crippen LogP contribution in [0.25, 0.3) is 0 Å². The van der Waals surface area contributed by atoms with Gasteiger partial charge in [-0.2, -0.15) is 11.8 Å². The fraction of sp³-hybridized carbons (Fsp3) is 0.304. The van der Waals surface area contributed by atoms with Crippen LogP contribution in [0.3, 0.4) is 0 Å². The number of aryl methyl sites for hydroxylation is 2. The number of likely N-dealkylation sites (tertiary alicyclic amines) is 1. The largest absolute Gasteiger partial charge is 0.444 e. The van der Waals surface area contributed by atoms with E-state index in [1.54, 1.807) is 48.2 Å². The van der Waals surface area contributed by atoms with E-state index in [1.165, 1.54) is 18.2 Å². The number of nitrogens with zero attached hydrogens (tertiary/aromatic N) is 1. The zero-order valence-electron chi connectivity index (χ0n) is 38.6. The predicted octanol–water partition coefficient (Wildman–Crippen LogP) is 11.9. The van der Waals surface area contributed by atoms with E-state index in [9.17, 15) is 23.2 Å². The van der Waals surface area contributed by atoms with Crippen molar-refractivity contribution in [3.05, 3.63) is 208 Å². The van der Waals surface area contributed by atoms with Gasteiger partial charge in [-0.05, 0) is 122 Å². The molecule has 7 rings (SSSR count). The lowest BCUT2D eigenvalue weighted by molar-refractivity contribution is -0.120. The van der Waals surface area contributed by atoms with Gasteiger partial charge in [0.05, 0.1) is 16.8 Å². The maximum atomic E-state index is 14.7. The molecule has 6 aromatic carbocycles. The van der Waals surface area contributed by atoms with Crippen LogP contribution in [-0.4, -0.2) is 70.7 Å². The summed E-state index contributed by atoms with van der Waals surface area (Å²) in [5.41, 5.74) is 5.71. The van der Waals surface area contributed by atoms with E-state index >= 15 is 0 Å². The van der Waals surface area contributed by atoms with Crippen molar-refractivity contribution in [3.8, 4) is 0 Å². The van der Waals surface area contributed by atoms with Crippen molar-refractivity contribution in [2.24, 2.45) is 0 Å². The highest BCUT2D eigenvalue weighted by molar-refractivity contribution is 8.01. The number of thioether (sulfide) groups is 2. The molecule has 7 nitrogen and oxygen atoms in total. The van der Waals surface area contributed by atoms with Gasteiger partial charge in [0, 0.05) is 36.0 Å². The van der Waals surface area contributed by atoms with E-state index < -0.39 is 28.1 Å².